The summed E-state index contributed by atoms with van der Waals surface area (Å²) >= 11 is 0. The van der Waals surface area contributed by atoms with Gasteiger partial charge in [0.25, 0.3) is 5.91 Å². The van der Waals surface area contributed by atoms with E-state index in [1.165, 1.54) is 6.07 Å². The number of nitrogens with zero attached hydrogens (tertiary/aromatic N) is 1. The van der Waals surface area contributed by atoms with Crippen LogP contribution in [0.5, 0.6) is 0 Å². The molecule has 0 fully saturated rings. The van der Waals surface area contributed by atoms with Crippen molar-refractivity contribution in [3.8, 4) is 0 Å². The van der Waals surface area contributed by atoms with Crippen LogP contribution in [-0.2, 0) is 0 Å². The zero-order valence-corrected chi connectivity index (χ0v) is 9.45. The minimum absolute atomic E-state index is 0.244. The molecule has 0 saturated heterocycles. The number of benzene rings is 1. The molecule has 0 radical (unpaired) electrons. The summed E-state index contributed by atoms with van der Waals surface area (Å²) in [5.41, 5.74) is 0.743. The summed E-state index contributed by atoms with van der Waals surface area (Å²) < 4.78 is 18.1. The minimum atomic E-state index is -0.419. The van der Waals surface area contributed by atoms with Gasteiger partial charge in [-0.25, -0.2) is 4.39 Å². The molecule has 0 aliphatic heterocycles. The fourth-order valence-corrected chi connectivity index (χ4v) is 1.35. The maximum atomic E-state index is 13.3. The Morgan fingerprint density at radius 3 is 2.71 bits per heavy atom. The van der Waals surface area contributed by atoms with Crippen LogP contribution in [0.2, 0.25) is 0 Å². The third-order valence-electron chi connectivity index (χ3n) is 2.30. The molecule has 1 heterocycles. The number of nitrogens with one attached hydrogen (secondary N) is 1. The van der Waals surface area contributed by atoms with Gasteiger partial charge in [-0.05, 0) is 31.5 Å². The van der Waals surface area contributed by atoms with Crippen LogP contribution in [0.25, 0.3) is 0 Å². The summed E-state index contributed by atoms with van der Waals surface area (Å²) in [7, 11) is 0. The molecule has 1 N–H and O–H groups in total. The van der Waals surface area contributed by atoms with Crippen molar-refractivity contribution in [2.24, 2.45) is 0 Å². The fraction of sp³-hybridized carbons (Fsp3) is 0.167. The van der Waals surface area contributed by atoms with Gasteiger partial charge in [0, 0.05) is 11.6 Å². The standard InChI is InChI=1S/C12H11FN2O2/c1-7-3-4-9(6-10(7)13)12(16)14-11-5-8(2)17-15-11/h3-6H,1-2H3,(H,14,15,16). The van der Waals surface area contributed by atoms with E-state index in [0.717, 1.165) is 0 Å². The highest BCUT2D eigenvalue weighted by Crippen LogP contribution is 2.12. The van der Waals surface area contributed by atoms with Crippen molar-refractivity contribution in [1.29, 1.82) is 0 Å². The number of hydrogen-bond acceptors (Lipinski definition) is 3. The lowest BCUT2D eigenvalue weighted by molar-refractivity contribution is 0.102. The Morgan fingerprint density at radius 1 is 1.35 bits per heavy atom. The molecule has 0 saturated carbocycles. The maximum absolute atomic E-state index is 13.3. The summed E-state index contributed by atoms with van der Waals surface area (Å²) in [4.78, 5) is 11.7. The SMILES string of the molecule is Cc1cc(NC(=O)c2ccc(C)c(F)c2)no1. The Morgan fingerprint density at radius 2 is 2.12 bits per heavy atom. The molecule has 0 aliphatic carbocycles. The number of aromatic nitrogens is 1. The van der Waals surface area contributed by atoms with Gasteiger partial charge in [0.15, 0.2) is 5.82 Å². The molecule has 0 atom stereocenters. The van der Waals surface area contributed by atoms with Gasteiger partial charge in [0.2, 0.25) is 0 Å². The quantitative estimate of drug-likeness (QED) is 0.869. The maximum Gasteiger partial charge on any atom is 0.257 e. The first-order valence-corrected chi connectivity index (χ1v) is 5.07. The number of hydrogen-bond donors (Lipinski definition) is 1. The number of amides is 1. The van der Waals surface area contributed by atoms with Crippen molar-refractivity contribution in [3.63, 3.8) is 0 Å². The zero-order valence-electron chi connectivity index (χ0n) is 9.45. The summed E-state index contributed by atoms with van der Waals surface area (Å²) in [5, 5.41) is 6.14. The molecule has 2 aromatic rings. The number of carbonyl (C=O) groups excluding carboxylic acids is 1. The number of anilines is 1. The summed E-state index contributed by atoms with van der Waals surface area (Å²) in [6, 6.07) is 5.89. The van der Waals surface area contributed by atoms with Gasteiger partial charge in [-0.15, -0.1) is 0 Å². The van der Waals surface area contributed by atoms with E-state index < -0.39 is 11.7 Å². The smallest absolute Gasteiger partial charge is 0.257 e. The Labute approximate surface area is 97.4 Å². The van der Waals surface area contributed by atoms with E-state index in [0.29, 0.717) is 17.1 Å². The Kier molecular flexibility index (Phi) is 2.91. The van der Waals surface area contributed by atoms with Crippen molar-refractivity contribution in [2.75, 3.05) is 5.32 Å². The van der Waals surface area contributed by atoms with E-state index in [2.05, 4.69) is 10.5 Å². The number of aryl methyl sites for hydroxylation is 2. The van der Waals surface area contributed by atoms with Gasteiger partial charge >= 0.3 is 0 Å². The molecule has 1 aromatic carbocycles. The summed E-state index contributed by atoms with van der Waals surface area (Å²) in [5.74, 6) is 0.0788. The van der Waals surface area contributed by atoms with Crippen LogP contribution in [0.1, 0.15) is 21.7 Å². The van der Waals surface area contributed by atoms with Crippen LogP contribution in [0.15, 0.2) is 28.8 Å². The molecular weight excluding hydrogens is 223 g/mol. The first kappa shape index (κ1) is 11.3. The lowest BCUT2D eigenvalue weighted by Gasteiger charge is -2.02. The molecule has 0 unspecified atom stereocenters. The van der Waals surface area contributed by atoms with Gasteiger partial charge in [-0.1, -0.05) is 11.2 Å². The normalized spacial score (nSPS) is 10.3. The van der Waals surface area contributed by atoms with Crippen molar-refractivity contribution < 1.29 is 13.7 Å². The van der Waals surface area contributed by atoms with Crippen molar-refractivity contribution in [2.45, 2.75) is 13.8 Å². The zero-order chi connectivity index (χ0) is 12.4. The van der Waals surface area contributed by atoms with Crippen LogP contribution < -0.4 is 5.32 Å². The molecule has 0 spiro atoms. The molecule has 88 valence electrons. The highest BCUT2D eigenvalue weighted by atomic mass is 19.1. The molecular formula is C12H11FN2O2. The van der Waals surface area contributed by atoms with Crippen LogP contribution in [-0.4, -0.2) is 11.1 Å². The topological polar surface area (TPSA) is 55.1 Å². The second-order valence-corrected chi connectivity index (χ2v) is 3.74. The third kappa shape index (κ3) is 2.50. The van der Waals surface area contributed by atoms with E-state index in [4.69, 9.17) is 4.52 Å². The largest absolute Gasteiger partial charge is 0.360 e. The van der Waals surface area contributed by atoms with E-state index in [1.807, 2.05) is 0 Å². The molecule has 0 bridgehead atoms. The van der Waals surface area contributed by atoms with Gasteiger partial charge < -0.3 is 9.84 Å². The van der Waals surface area contributed by atoms with Crippen molar-refractivity contribution in [3.05, 3.63) is 47.0 Å². The highest BCUT2D eigenvalue weighted by molar-refractivity contribution is 6.03. The van der Waals surface area contributed by atoms with E-state index in [-0.39, 0.29) is 5.56 Å². The first-order valence-electron chi connectivity index (χ1n) is 5.07. The fourth-order valence-electron chi connectivity index (χ4n) is 1.35. The number of rotatable bonds is 2. The van der Waals surface area contributed by atoms with Crippen LogP contribution in [0.3, 0.4) is 0 Å². The monoisotopic (exact) mass is 234 g/mol. The Balaban J connectivity index is 2.17. The summed E-state index contributed by atoms with van der Waals surface area (Å²) in [6.07, 6.45) is 0. The number of carbonyl (C=O) groups is 1. The van der Waals surface area contributed by atoms with Gasteiger partial charge in [-0.2, -0.15) is 0 Å². The minimum Gasteiger partial charge on any atom is -0.360 e. The predicted molar refractivity (Wildman–Crippen MR) is 60.3 cm³/mol. The van der Waals surface area contributed by atoms with Crippen LogP contribution in [0.4, 0.5) is 10.2 Å². The third-order valence-corrected chi connectivity index (χ3v) is 2.30. The Bertz CT molecular complexity index is 563. The number of halogens is 1. The van der Waals surface area contributed by atoms with Gasteiger partial charge in [-0.3, -0.25) is 4.79 Å². The van der Waals surface area contributed by atoms with Crippen molar-refractivity contribution >= 4 is 11.7 Å². The molecule has 1 amide bonds. The Hall–Kier alpha value is -2.17. The molecule has 0 aliphatic rings. The lowest BCUT2D eigenvalue weighted by atomic mass is 10.1. The highest BCUT2D eigenvalue weighted by Gasteiger charge is 2.10. The molecule has 17 heavy (non-hydrogen) atoms. The second-order valence-electron chi connectivity index (χ2n) is 3.74. The predicted octanol–water partition coefficient (Wildman–Crippen LogP) is 2.68. The molecule has 4 nitrogen and oxygen atoms in total. The lowest BCUT2D eigenvalue weighted by Crippen LogP contribution is -2.12. The molecule has 1 aromatic heterocycles. The molecule has 5 heteroatoms. The van der Waals surface area contributed by atoms with E-state index >= 15 is 0 Å². The van der Waals surface area contributed by atoms with Gasteiger partial charge in [0.1, 0.15) is 11.6 Å². The van der Waals surface area contributed by atoms with E-state index in [9.17, 15) is 9.18 Å². The second kappa shape index (κ2) is 4.37. The average molecular weight is 234 g/mol. The van der Waals surface area contributed by atoms with Crippen molar-refractivity contribution in [1.82, 2.24) is 5.16 Å². The first-order chi connectivity index (χ1) is 8.06. The van der Waals surface area contributed by atoms with Crippen LogP contribution in [0, 0.1) is 19.7 Å². The average Bonchev–Trinajstić information content (AvgIpc) is 2.68. The summed E-state index contributed by atoms with van der Waals surface area (Å²) in [6.45, 7) is 3.35. The van der Waals surface area contributed by atoms with Crippen LogP contribution >= 0.6 is 0 Å². The van der Waals surface area contributed by atoms with Gasteiger partial charge in [0.05, 0.1) is 0 Å². The van der Waals surface area contributed by atoms with E-state index in [1.54, 1.807) is 32.0 Å². The molecule has 2 rings (SSSR count).